The maximum atomic E-state index is 12.0. The van der Waals surface area contributed by atoms with Gasteiger partial charge in [0, 0.05) is 34.6 Å². The van der Waals surface area contributed by atoms with Gasteiger partial charge in [0.2, 0.25) is 0 Å². The van der Waals surface area contributed by atoms with Crippen LogP contribution in [0.25, 0.3) is 0 Å². The largest absolute Gasteiger partial charge is 0.516 e. The van der Waals surface area contributed by atoms with Gasteiger partial charge in [-0.15, -0.1) is 0 Å². The molecule has 1 amide bonds. The minimum absolute atomic E-state index is 0. The molecular weight excluding hydrogens is 341 g/mol. The molecule has 11 heteroatoms. The predicted molar refractivity (Wildman–Crippen MR) is 64.7 cm³/mol. The van der Waals surface area contributed by atoms with Crippen molar-refractivity contribution in [3.63, 3.8) is 0 Å². The summed E-state index contributed by atoms with van der Waals surface area (Å²) in [4.78, 5) is 11.3. The molecule has 1 radical (unpaired) electrons. The van der Waals surface area contributed by atoms with Crippen molar-refractivity contribution < 1.29 is 26.4 Å². The smallest absolute Gasteiger partial charge is 0.268 e. The summed E-state index contributed by atoms with van der Waals surface area (Å²) in [5.41, 5.74) is -6.02. The molecule has 1 aromatic carbocycles. The molecule has 0 unspecified atom stereocenters. The van der Waals surface area contributed by atoms with E-state index in [0.29, 0.717) is 0 Å². The number of hydrogen-bond donors (Lipinski definition) is 1. The van der Waals surface area contributed by atoms with E-state index in [-0.39, 0.29) is 39.6 Å². The first-order valence-corrected chi connectivity index (χ1v) is 6.37. The number of sulfonamides is 1. The van der Waals surface area contributed by atoms with Crippen molar-refractivity contribution >= 4 is 68.7 Å². The van der Waals surface area contributed by atoms with Gasteiger partial charge < -0.3 is 0 Å². The van der Waals surface area contributed by atoms with Crippen LogP contribution in [0, 0.1) is 0 Å². The van der Waals surface area contributed by atoms with E-state index >= 15 is 0 Å². The number of carbonyl (C=O) groups excluding carboxylic acids is 1. The summed E-state index contributed by atoms with van der Waals surface area (Å²) in [6.07, 6.45) is 0. The fourth-order valence-electron chi connectivity index (χ4n) is 0.909. The minimum atomic E-state index is -5.76. The summed E-state index contributed by atoms with van der Waals surface area (Å²) in [6, 6.07) is 3.28. The Morgan fingerprint density at radius 1 is 1.21 bits per heavy atom. The van der Waals surface area contributed by atoms with Gasteiger partial charge in [-0.3, -0.25) is 4.79 Å². The molecule has 1 rings (SSSR count). The van der Waals surface area contributed by atoms with Crippen LogP contribution in [0.5, 0.6) is 0 Å². The first kappa shape index (κ1) is 19.0. The van der Waals surface area contributed by atoms with E-state index in [1.54, 1.807) is 0 Å². The van der Waals surface area contributed by atoms with Crippen LogP contribution in [-0.4, -0.2) is 49.4 Å². The number of halogens is 5. The van der Waals surface area contributed by atoms with Gasteiger partial charge in [-0.1, -0.05) is 23.2 Å². The Morgan fingerprint density at radius 3 is 2.16 bits per heavy atom. The van der Waals surface area contributed by atoms with E-state index in [1.165, 1.54) is 6.07 Å². The number of hydrogen-bond acceptors (Lipinski definition) is 3. The van der Waals surface area contributed by atoms with Crippen molar-refractivity contribution in [3.8, 4) is 0 Å². The zero-order valence-corrected chi connectivity index (χ0v) is 13.6. The molecule has 0 aliphatic heterocycles. The van der Waals surface area contributed by atoms with Crippen molar-refractivity contribution in [1.82, 2.24) is 4.72 Å². The summed E-state index contributed by atoms with van der Waals surface area (Å²) < 4.78 is 58.3. The Kier molecular flexibility index (Phi) is 6.65. The fourth-order valence-corrected chi connectivity index (χ4v) is 1.87. The number of rotatable bonds is 2. The van der Waals surface area contributed by atoms with Crippen molar-refractivity contribution in [2.75, 3.05) is 0 Å². The first-order valence-electron chi connectivity index (χ1n) is 4.13. The molecule has 0 saturated heterocycles. The van der Waals surface area contributed by atoms with Gasteiger partial charge in [0.1, 0.15) is 0 Å². The number of carbonyl (C=O) groups is 1. The Hall–Kier alpha value is 0.0100. The molecule has 0 fully saturated rings. The molecule has 4 nitrogen and oxygen atoms in total. The van der Waals surface area contributed by atoms with Crippen LogP contribution in [0.2, 0.25) is 10.0 Å². The predicted octanol–water partition coefficient (Wildman–Crippen LogP) is 2.19. The summed E-state index contributed by atoms with van der Waals surface area (Å²) >= 11 is 11.1. The van der Waals surface area contributed by atoms with Crippen LogP contribution in [0.15, 0.2) is 18.2 Å². The van der Waals surface area contributed by atoms with Crippen LogP contribution in [0.3, 0.4) is 0 Å². The summed E-state index contributed by atoms with van der Waals surface area (Å²) in [7, 11) is -5.76. The van der Waals surface area contributed by atoms with Crippen LogP contribution in [-0.2, 0) is 10.0 Å². The van der Waals surface area contributed by atoms with E-state index in [0.717, 1.165) is 16.9 Å². The van der Waals surface area contributed by atoms with E-state index in [9.17, 15) is 26.4 Å². The zero-order chi connectivity index (χ0) is 14.1. The molecule has 0 heterocycles. The van der Waals surface area contributed by atoms with E-state index in [4.69, 9.17) is 23.2 Å². The van der Waals surface area contributed by atoms with Crippen LogP contribution >= 0.6 is 23.2 Å². The molecule has 0 aliphatic carbocycles. The van der Waals surface area contributed by atoms with E-state index in [1.807, 2.05) is 0 Å². The van der Waals surface area contributed by atoms with Crippen molar-refractivity contribution in [1.29, 1.82) is 0 Å². The average molecular weight is 345 g/mol. The Balaban J connectivity index is 0.00000324. The molecule has 0 bridgehead atoms. The van der Waals surface area contributed by atoms with Gasteiger partial charge in [-0.25, -0.2) is 4.72 Å². The summed E-state index contributed by atoms with van der Waals surface area (Å²) in [5.74, 6) is -1.49. The monoisotopic (exact) mass is 344 g/mol. The quantitative estimate of drug-likeness (QED) is 0.836. The number of alkyl halides is 3. The maximum Gasteiger partial charge on any atom is 0.516 e. The fraction of sp³-hybridized carbons (Fsp3) is 0.125. The Bertz CT molecular complexity index is 591. The molecule has 101 valence electrons. The molecule has 19 heavy (non-hydrogen) atoms. The van der Waals surface area contributed by atoms with Crippen molar-refractivity contribution in [2.24, 2.45) is 0 Å². The molecular formula is C8H4Cl2F3NNaO3S. The average Bonchev–Trinajstić information content (AvgIpc) is 2.14. The second kappa shape index (κ2) is 6.64. The molecule has 0 aliphatic rings. The molecule has 0 atom stereocenters. The van der Waals surface area contributed by atoms with Gasteiger partial charge in [-0.05, 0) is 18.2 Å². The van der Waals surface area contributed by atoms with Gasteiger partial charge >= 0.3 is 15.5 Å². The second-order valence-electron chi connectivity index (χ2n) is 3.00. The summed E-state index contributed by atoms with van der Waals surface area (Å²) in [5, 5.41) is -0.118. The Labute approximate surface area is 138 Å². The zero-order valence-electron chi connectivity index (χ0n) is 9.25. The standard InChI is InChI=1S/C8H4Cl2F3NO3S.Na/c9-4-1-2-5(6(10)3-4)7(15)14-18(16,17)8(11,12)13;/h1-3H,(H,14,15);. The Morgan fingerprint density at radius 2 is 1.74 bits per heavy atom. The van der Waals surface area contributed by atoms with Crippen LogP contribution < -0.4 is 4.72 Å². The van der Waals surface area contributed by atoms with Crippen LogP contribution in [0.1, 0.15) is 10.4 Å². The number of amides is 1. The topological polar surface area (TPSA) is 63.2 Å². The molecule has 0 aromatic heterocycles. The third-order valence-electron chi connectivity index (χ3n) is 1.71. The van der Waals surface area contributed by atoms with Gasteiger partial charge in [0.15, 0.2) is 0 Å². The van der Waals surface area contributed by atoms with Gasteiger partial charge in [0.05, 0.1) is 10.6 Å². The van der Waals surface area contributed by atoms with Crippen LogP contribution in [0.4, 0.5) is 13.2 Å². The SMILES string of the molecule is O=C(NS(=O)(=O)C(F)(F)F)c1ccc(Cl)cc1Cl.[Na]. The minimum Gasteiger partial charge on any atom is -0.268 e. The number of nitrogens with one attached hydrogen (secondary N) is 1. The normalized spacial score (nSPS) is 11.6. The number of benzene rings is 1. The van der Waals surface area contributed by atoms with Gasteiger partial charge in [0.25, 0.3) is 5.91 Å². The van der Waals surface area contributed by atoms with Crippen molar-refractivity contribution in [2.45, 2.75) is 5.51 Å². The first-order chi connectivity index (χ1) is 8.04. The van der Waals surface area contributed by atoms with Gasteiger partial charge in [-0.2, -0.15) is 21.6 Å². The maximum absolute atomic E-state index is 12.0. The third kappa shape index (κ3) is 4.80. The molecule has 0 saturated carbocycles. The summed E-state index contributed by atoms with van der Waals surface area (Å²) in [6.45, 7) is 0. The van der Waals surface area contributed by atoms with E-state index in [2.05, 4.69) is 0 Å². The molecule has 1 aromatic rings. The second-order valence-corrected chi connectivity index (χ2v) is 5.52. The van der Waals surface area contributed by atoms with E-state index < -0.39 is 27.0 Å². The third-order valence-corrected chi connectivity index (χ3v) is 3.32. The molecule has 1 N–H and O–H groups in total. The molecule has 0 spiro atoms. The van der Waals surface area contributed by atoms with Crippen molar-refractivity contribution in [3.05, 3.63) is 33.8 Å².